The van der Waals surface area contributed by atoms with E-state index in [0.29, 0.717) is 0 Å². The van der Waals surface area contributed by atoms with E-state index in [1.54, 1.807) is 0 Å². The summed E-state index contributed by atoms with van der Waals surface area (Å²) < 4.78 is 1.15. The van der Waals surface area contributed by atoms with Crippen LogP contribution >= 0.6 is 15.9 Å². The van der Waals surface area contributed by atoms with Gasteiger partial charge in [0.1, 0.15) is 0 Å². The zero-order valence-corrected chi connectivity index (χ0v) is 22.7. The number of hydrogen-bond donors (Lipinski definition) is 0. The fourth-order valence-electron chi connectivity index (χ4n) is 6.37. The van der Waals surface area contributed by atoms with Gasteiger partial charge < -0.3 is 0 Å². The molecule has 0 saturated carbocycles. The molecule has 39 heavy (non-hydrogen) atoms. The first-order chi connectivity index (χ1) is 19.3. The van der Waals surface area contributed by atoms with Gasteiger partial charge in [0.25, 0.3) is 0 Å². The van der Waals surface area contributed by atoms with Crippen LogP contribution in [0.2, 0.25) is 0 Å². The fraction of sp³-hybridized carbons (Fsp3) is 0. The maximum Gasteiger partial charge on any atom is 0.0345 e. The van der Waals surface area contributed by atoms with E-state index in [4.69, 9.17) is 0 Å². The summed E-state index contributed by atoms with van der Waals surface area (Å²) in [4.78, 5) is 0. The third kappa shape index (κ3) is 3.37. The molecular weight excluding hydrogens is 536 g/mol. The molecule has 0 radical (unpaired) electrons. The summed E-state index contributed by atoms with van der Waals surface area (Å²) in [5.41, 5.74) is 4.91. The lowest BCUT2D eigenvalue weighted by molar-refractivity contribution is 1.64. The van der Waals surface area contributed by atoms with Crippen molar-refractivity contribution in [2.75, 3.05) is 0 Å². The standard InChI is InChI=1S/C38H23Br/c39-38-34(26-14-5-2-6-15-26)30-17-9-10-18-31(30)36-35-28-16-8-7-13-25(28)19-22-32(35)29-21-20-27(23-33(29)37(36)38)24-11-3-1-4-12-24/h1-23H. The van der Waals surface area contributed by atoms with Crippen LogP contribution in [-0.4, -0.2) is 0 Å². The van der Waals surface area contributed by atoms with Crippen LogP contribution in [0.4, 0.5) is 0 Å². The van der Waals surface area contributed by atoms with E-state index < -0.39 is 0 Å². The van der Waals surface area contributed by atoms with Crippen LogP contribution in [0.25, 0.3) is 76.1 Å². The minimum Gasteiger partial charge on any atom is -0.0622 e. The Morgan fingerprint density at radius 2 is 0.923 bits per heavy atom. The van der Waals surface area contributed by atoms with Gasteiger partial charge in [-0.05, 0) is 87.2 Å². The van der Waals surface area contributed by atoms with Crippen molar-refractivity contribution in [2.24, 2.45) is 0 Å². The van der Waals surface area contributed by atoms with Gasteiger partial charge >= 0.3 is 0 Å². The predicted octanol–water partition coefficient (Wildman–Crippen LogP) is 11.5. The van der Waals surface area contributed by atoms with E-state index in [2.05, 4.69) is 155 Å². The third-order valence-corrected chi connectivity index (χ3v) is 8.88. The molecule has 8 aromatic carbocycles. The van der Waals surface area contributed by atoms with Crippen LogP contribution in [-0.2, 0) is 0 Å². The number of hydrogen-bond acceptors (Lipinski definition) is 0. The molecule has 0 aliphatic heterocycles. The molecule has 8 aromatic rings. The minimum atomic E-state index is 1.15. The molecule has 0 fully saturated rings. The molecule has 0 heterocycles. The lowest BCUT2D eigenvalue weighted by atomic mass is 9.85. The molecule has 182 valence electrons. The van der Waals surface area contributed by atoms with Gasteiger partial charge in [-0.15, -0.1) is 0 Å². The first-order valence-corrected chi connectivity index (χ1v) is 14.1. The number of halogens is 1. The van der Waals surface area contributed by atoms with Gasteiger partial charge in [0.15, 0.2) is 0 Å². The molecule has 0 atom stereocenters. The molecule has 0 nitrogen and oxygen atoms in total. The van der Waals surface area contributed by atoms with E-state index >= 15 is 0 Å². The Morgan fingerprint density at radius 3 is 1.69 bits per heavy atom. The van der Waals surface area contributed by atoms with Crippen LogP contribution in [0.15, 0.2) is 144 Å². The predicted molar refractivity (Wildman–Crippen MR) is 173 cm³/mol. The van der Waals surface area contributed by atoms with Crippen molar-refractivity contribution in [3.63, 3.8) is 0 Å². The highest BCUT2D eigenvalue weighted by atomic mass is 79.9. The average molecular weight is 560 g/mol. The summed E-state index contributed by atoms with van der Waals surface area (Å²) in [6, 6.07) is 50.7. The summed E-state index contributed by atoms with van der Waals surface area (Å²) in [7, 11) is 0. The number of benzene rings is 8. The van der Waals surface area contributed by atoms with Crippen LogP contribution in [0.1, 0.15) is 0 Å². The van der Waals surface area contributed by atoms with Gasteiger partial charge in [0, 0.05) is 15.4 Å². The summed E-state index contributed by atoms with van der Waals surface area (Å²) in [5, 5.41) is 12.8. The monoisotopic (exact) mass is 558 g/mol. The summed E-state index contributed by atoms with van der Waals surface area (Å²) in [5.74, 6) is 0. The third-order valence-electron chi connectivity index (χ3n) is 8.08. The Hall–Kier alpha value is -4.46. The normalized spacial score (nSPS) is 11.7. The van der Waals surface area contributed by atoms with Gasteiger partial charge in [0.05, 0.1) is 0 Å². The smallest absolute Gasteiger partial charge is 0.0345 e. The largest absolute Gasteiger partial charge is 0.0622 e. The zero-order valence-electron chi connectivity index (χ0n) is 21.2. The lowest BCUT2D eigenvalue weighted by Gasteiger charge is -2.20. The second-order valence-electron chi connectivity index (χ2n) is 10.2. The second kappa shape index (κ2) is 8.80. The molecule has 0 spiro atoms. The number of fused-ring (bicyclic) bond motifs is 10. The Labute approximate surface area is 235 Å². The molecule has 0 aliphatic carbocycles. The SMILES string of the molecule is Brc1c(-c2ccccc2)c2ccccc2c2c1c1cc(-c3ccccc3)ccc1c1ccc3ccccc3c12. The van der Waals surface area contributed by atoms with Crippen molar-refractivity contribution in [3.8, 4) is 22.3 Å². The average Bonchev–Trinajstić information content (AvgIpc) is 3.01. The van der Waals surface area contributed by atoms with Crippen LogP contribution < -0.4 is 0 Å². The van der Waals surface area contributed by atoms with Crippen LogP contribution in [0.5, 0.6) is 0 Å². The van der Waals surface area contributed by atoms with E-state index in [1.165, 1.54) is 76.1 Å². The molecule has 0 aliphatic rings. The molecule has 8 rings (SSSR count). The maximum absolute atomic E-state index is 4.19. The van der Waals surface area contributed by atoms with Crippen molar-refractivity contribution < 1.29 is 0 Å². The zero-order chi connectivity index (χ0) is 25.9. The van der Waals surface area contributed by atoms with E-state index in [9.17, 15) is 0 Å². The molecule has 1 heteroatoms. The molecule has 0 bridgehead atoms. The van der Waals surface area contributed by atoms with Crippen molar-refractivity contribution >= 4 is 69.8 Å². The highest BCUT2D eigenvalue weighted by Gasteiger charge is 2.20. The first-order valence-electron chi connectivity index (χ1n) is 13.3. The quantitative estimate of drug-likeness (QED) is 0.185. The van der Waals surface area contributed by atoms with Gasteiger partial charge in [-0.25, -0.2) is 0 Å². The molecule has 0 amide bonds. The van der Waals surface area contributed by atoms with Crippen molar-refractivity contribution in [1.29, 1.82) is 0 Å². The van der Waals surface area contributed by atoms with Crippen molar-refractivity contribution in [1.82, 2.24) is 0 Å². The Balaban J connectivity index is 1.69. The Morgan fingerprint density at radius 1 is 0.333 bits per heavy atom. The van der Waals surface area contributed by atoms with Gasteiger partial charge in [-0.2, -0.15) is 0 Å². The van der Waals surface area contributed by atoms with Gasteiger partial charge in [-0.3, -0.25) is 0 Å². The summed E-state index contributed by atoms with van der Waals surface area (Å²) >= 11 is 4.19. The molecule has 0 saturated heterocycles. The maximum atomic E-state index is 4.19. The van der Waals surface area contributed by atoms with E-state index in [-0.39, 0.29) is 0 Å². The number of rotatable bonds is 2. The van der Waals surface area contributed by atoms with Crippen LogP contribution in [0.3, 0.4) is 0 Å². The molecule has 0 N–H and O–H groups in total. The fourth-order valence-corrected chi connectivity index (χ4v) is 7.22. The first kappa shape index (κ1) is 22.5. The molecule has 0 unspecified atom stereocenters. The molecule has 0 aromatic heterocycles. The Kier molecular flexibility index (Phi) is 5.08. The van der Waals surface area contributed by atoms with Crippen LogP contribution in [0, 0.1) is 0 Å². The highest BCUT2D eigenvalue weighted by Crippen LogP contribution is 2.49. The van der Waals surface area contributed by atoms with Gasteiger partial charge in [-0.1, -0.05) is 133 Å². The minimum absolute atomic E-state index is 1.15. The van der Waals surface area contributed by atoms with Gasteiger partial charge in [0.2, 0.25) is 0 Å². The molecular formula is C38H23Br. The van der Waals surface area contributed by atoms with E-state index in [1.807, 2.05) is 0 Å². The second-order valence-corrected chi connectivity index (χ2v) is 11.0. The summed E-state index contributed by atoms with van der Waals surface area (Å²) in [6.45, 7) is 0. The lowest BCUT2D eigenvalue weighted by Crippen LogP contribution is -1.92. The topological polar surface area (TPSA) is 0 Å². The van der Waals surface area contributed by atoms with Crippen molar-refractivity contribution in [3.05, 3.63) is 144 Å². The van der Waals surface area contributed by atoms with E-state index in [0.717, 1.165) is 4.47 Å². The summed E-state index contributed by atoms with van der Waals surface area (Å²) in [6.07, 6.45) is 0. The highest BCUT2D eigenvalue weighted by molar-refractivity contribution is 9.10. The van der Waals surface area contributed by atoms with Crippen molar-refractivity contribution in [2.45, 2.75) is 0 Å². The Bertz CT molecular complexity index is 2210.